The van der Waals surface area contributed by atoms with Gasteiger partial charge in [0.25, 0.3) is 6.47 Å². The van der Waals surface area contributed by atoms with Crippen molar-refractivity contribution in [3.05, 3.63) is 11.6 Å². The Labute approximate surface area is 113 Å². The molecule has 0 spiro atoms. The molecule has 106 valence electrons. The molecule has 4 nitrogen and oxygen atoms in total. The van der Waals surface area contributed by atoms with E-state index in [4.69, 9.17) is 4.74 Å². The van der Waals surface area contributed by atoms with Crippen LogP contribution in [0.2, 0.25) is 0 Å². The highest BCUT2D eigenvalue weighted by molar-refractivity contribution is 5.81. The molecule has 0 heterocycles. The van der Waals surface area contributed by atoms with Gasteiger partial charge in [-0.3, -0.25) is 9.59 Å². The number of hydrogen-bond acceptors (Lipinski definition) is 4. The van der Waals surface area contributed by atoms with E-state index in [-0.39, 0.29) is 29.1 Å². The Morgan fingerprint density at radius 2 is 2.26 bits per heavy atom. The van der Waals surface area contributed by atoms with Crippen LogP contribution in [0.15, 0.2) is 11.6 Å². The van der Waals surface area contributed by atoms with Crippen molar-refractivity contribution in [1.82, 2.24) is 0 Å². The first-order valence-electron chi connectivity index (χ1n) is 6.90. The van der Waals surface area contributed by atoms with Crippen molar-refractivity contribution < 1.29 is 19.4 Å². The predicted molar refractivity (Wildman–Crippen MR) is 70.3 cm³/mol. The molecule has 19 heavy (non-hydrogen) atoms. The molecule has 0 saturated heterocycles. The van der Waals surface area contributed by atoms with Gasteiger partial charge < -0.3 is 9.84 Å². The van der Waals surface area contributed by atoms with Crippen LogP contribution >= 0.6 is 0 Å². The molecule has 0 radical (unpaired) electrons. The molecule has 2 rings (SSSR count). The SMILES string of the molecule is CC(=O)[C@H]1[C@@H](OC=O)CCC2=C[C@@H](O)C[C@H](C)[C@]21C. The quantitative estimate of drug-likeness (QED) is 0.625. The van der Waals surface area contributed by atoms with Crippen molar-refractivity contribution in [1.29, 1.82) is 0 Å². The fraction of sp³-hybridized carbons (Fsp3) is 0.733. The Morgan fingerprint density at radius 3 is 2.84 bits per heavy atom. The van der Waals surface area contributed by atoms with Crippen molar-refractivity contribution in [2.45, 2.75) is 52.2 Å². The third-order valence-electron chi connectivity index (χ3n) is 5.09. The van der Waals surface area contributed by atoms with Crippen LogP contribution in [0.3, 0.4) is 0 Å². The summed E-state index contributed by atoms with van der Waals surface area (Å²) in [6, 6.07) is 0. The van der Waals surface area contributed by atoms with Crippen molar-refractivity contribution in [2.24, 2.45) is 17.3 Å². The van der Waals surface area contributed by atoms with E-state index in [0.29, 0.717) is 19.3 Å². The third-order valence-corrected chi connectivity index (χ3v) is 5.09. The average molecular weight is 266 g/mol. The maximum Gasteiger partial charge on any atom is 0.293 e. The summed E-state index contributed by atoms with van der Waals surface area (Å²) in [4.78, 5) is 22.7. The highest BCUT2D eigenvalue weighted by atomic mass is 16.5. The van der Waals surface area contributed by atoms with Gasteiger partial charge in [0.2, 0.25) is 0 Å². The Hall–Kier alpha value is -1.16. The van der Waals surface area contributed by atoms with E-state index in [2.05, 4.69) is 13.8 Å². The average Bonchev–Trinajstić information content (AvgIpc) is 2.31. The van der Waals surface area contributed by atoms with E-state index < -0.39 is 6.10 Å². The molecule has 0 bridgehead atoms. The van der Waals surface area contributed by atoms with Crippen LogP contribution in [-0.2, 0) is 14.3 Å². The van der Waals surface area contributed by atoms with Crippen LogP contribution in [0.25, 0.3) is 0 Å². The first-order chi connectivity index (χ1) is 8.91. The van der Waals surface area contributed by atoms with Gasteiger partial charge in [-0.05, 0) is 32.1 Å². The standard InChI is InChI=1S/C15H22O4/c1-9-6-12(18)7-11-4-5-13(19-8-16)14(10(2)17)15(9,11)3/h7-9,12-14,18H,4-6H2,1-3H3/t9-,12-,13-,14-,15+/m0/s1. The van der Waals surface area contributed by atoms with Gasteiger partial charge in [0, 0.05) is 5.41 Å². The normalized spacial score (nSPS) is 42.0. The number of aliphatic hydroxyl groups excluding tert-OH is 1. The van der Waals surface area contributed by atoms with E-state index in [1.54, 1.807) is 6.92 Å². The summed E-state index contributed by atoms with van der Waals surface area (Å²) in [7, 11) is 0. The second-order valence-electron chi connectivity index (χ2n) is 6.08. The monoisotopic (exact) mass is 266 g/mol. The van der Waals surface area contributed by atoms with Crippen LogP contribution in [0.4, 0.5) is 0 Å². The zero-order chi connectivity index (χ0) is 14.2. The van der Waals surface area contributed by atoms with Gasteiger partial charge in [-0.1, -0.05) is 25.5 Å². The van der Waals surface area contributed by atoms with E-state index in [1.165, 1.54) is 0 Å². The number of hydrogen-bond donors (Lipinski definition) is 1. The first-order valence-corrected chi connectivity index (χ1v) is 6.90. The largest absolute Gasteiger partial charge is 0.464 e. The van der Waals surface area contributed by atoms with E-state index >= 15 is 0 Å². The first kappa shape index (κ1) is 14.3. The van der Waals surface area contributed by atoms with E-state index in [0.717, 1.165) is 12.0 Å². The van der Waals surface area contributed by atoms with Crippen molar-refractivity contribution in [3.8, 4) is 0 Å². The lowest BCUT2D eigenvalue weighted by molar-refractivity contribution is -0.149. The number of ketones is 1. The summed E-state index contributed by atoms with van der Waals surface area (Å²) < 4.78 is 5.15. The minimum atomic E-state index is -0.422. The van der Waals surface area contributed by atoms with Crippen LogP contribution in [0.5, 0.6) is 0 Å². The Morgan fingerprint density at radius 1 is 1.58 bits per heavy atom. The maximum atomic E-state index is 12.1. The summed E-state index contributed by atoms with van der Waals surface area (Å²) >= 11 is 0. The van der Waals surface area contributed by atoms with Crippen LogP contribution < -0.4 is 0 Å². The fourth-order valence-electron chi connectivity index (χ4n) is 4.01. The summed E-state index contributed by atoms with van der Waals surface area (Å²) in [5.41, 5.74) is 0.835. The van der Waals surface area contributed by atoms with Gasteiger partial charge in [0.05, 0.1) is 12.0 Å². The number of carbonyl (C=O) groups excluding carboxylic acids is 2. The van der Waals surface area contributed by atoms with Gasteiger partial charge in [-0.15, -0.1) is 0 Å². The number of ether oxygens (including phenoxy) is 1. The molecule has 1 fully saturated rings. The minimum absolute atomic E-state index is 0.0585. The Kier molecular flexibility index (Phi) is 3.81. The highest BCUT2D eigenvalue weighted by Gasteiger charge is 2.53. The van der Waals surface area contributed by atoms with Gasteiger partial charge in [0.1, 0.15) is 11.9 Å². The van der Waals surface area contributed by atoms with Gasteiger partial charge >= 0.3 is 0 Å². The topological polar surface area (TPSA) is 63.6 Å². The highest BCUT2D eigenvalue weighted by Crippen LogP contribution is 2.54. The maximum absolute atomic E-state index is 12.1. The molecule has 1 N–H and O–H groups in total. The van der Waals surface area contributed by atoms with Crippen molar-refractivity contribution >= 4 is 12.3 Å². The number of aliphatic hydroxyl groups is 1. The summed E-state index contributed by atoms with van der Waals surface area (Å²) in [5.74, 6) is -0.0576. The molecule has 2 aliphatic carbocycles. The molecule has 0 aromatic heterocycles. The molecule has 0 amide bonds. The molecule has 0 aromatic carbocycles. The fourth-order valence-corrected chi connectivity index (χ4v) is 4.01. The molecule has 0 unspecified atom stereocenters. The molecule has 0 aromatic rings. The second kappa shape index (κ2) is 5.08. The Bertz CT molecular complexity index is 414. The lowest BCUT2D eigenvalue weighted by atomic mass is 9.53. The van der Waals surface area contributed by atoms with Gasteiger partial charge in [0.15, 0.2) is 0 Å². The van der Waals surface area contributed by atoms with Crippen molar-refractivity contribution in [3.63, 3.8) is 0 Å². The van der Waals surface area contributed by atoms with Crippen LogP contribution in [0, 0.1) is 17.3 Å². The van der Waals surface area contributed by atoms with E-state index in [9.17, 15) is 14.7 Å². The number of Topliss-reactive ketones (excluding diaryl/α,β-unsaturated/α-hetero) is 1. The zero-order valence-corrected chi connectivity index (χ0v) is 11.8. The predicted octanol–water partition coefficient (Wildman–Crippen LogP) is 1.86. The second-order valence-corrected chi connectivity index (χ2v) is 6.08. The summed E-state index contributed by atoms with van der Waals surface area (Å²) in [6.07, 6.45) is 3.22. The number of carbonyl (C=O) groups is 2. The summed E-state index contributed by atoms with van der Waals surface area (Å²) in [5, 5.41) is 9.88. The number of allylic oxidation sites excluding steroid dienone is 1. The molecular weight excluding hydrogens is 244 g/mol. The molecule has 0 aliphatic heterocycles. The summed E-state index contributed by atoms with van der Waals surface area (Å²) in [6.45, 7) is 6.15. The van der Waals surface area contributed by atoms with Crippen molar-refractivity contribution in [2.75, 3.05) is 0 Å². The van der Waals surface area contributed by atoms with Gasteiger partial charge in [-0.2, -0.15) is 0 Å². The van der Waals surface area contributed by atoms with Gasteiger partial charge in [-0.25, -0.2) is 0 Å². The molecule has 2 aliphatic rings. The molecule has 4 heteroatoms. The third kappa shape index (κ3) is 2.22. The zero-order valence-electron chi connectivity index (χ0n) is 11.8. The van der Waals surface area contributed by atoms with Crippen LogP contribution in [-0.4, -0.2) is 29.6 Å². The lowest BCUT2D eigenvalue weighted by Gasteiger charge is -2.52. The molecule has 1 saturated carbocycles. The number of rotatable bonds is 3. The minimum Gasteiger partial charge on any atom is -0.464 e. The Balaban J connectivity index is 2.44. The lowest BCUT2D eigenvalue weighted by Crippen LogP contribution is -2.52. The number of fused-ring (bicyclic) bond motifs is 1. The van der Waals surface area contributed by atoms with E-state index in [1.807, 2.05) is 6.08 Å². The smallest absolute Gasteiger partial charge is 0.293 e. The molecular formula is C15H22O4. The van der Waals surface area contributed by atoms with Crippen LogP contribution in [0.1, 0.15) is 40.0 Å². The molecule has 5 atom stereocenters.